The van der Waals surface area contributed by atoms with E-state index in [-0.39, 0.29) is 24.2 Å². The Bertz CT molecular complexity index is 715. The SMILES string of the molecule is COc1ccc(C(=O)N2CCN(C(=O)C3(N)CC3)CC2)c(OC)c1OC.Cl. The zero-order chi connectivity index (χ0) is 18.9. The fourth-order valence-electron chi connectivity index (χ4n) is 3.22. The van der Waals surface area contributed by atoms with Crippen molar-refractivity contribution in [3.05, 3.63) is 17.7 Å². The lowest BCUT2D eigenvalue weighted by Crippen LogP contribution is -2.55. The second kappa shape index (κ2) is 8.22. The summed E-state index contributed by atoms with van der Waals surface area (Å²) in [5.41, 5.74) is 5.73. The molecule has 2 aliphatic rings. The number of halogens is 1. The Morgan fingerprint density at radius 3 is 1.96 bits per heavy atom. The summed E-state index contributed by atoms with van der Waals surface area (Å²) in [6.07, 6.45) is 1.49. The summed E-state index contributed by atoms with van der Waals surface area (Å²) in [6, 6.07) is 3.35. The zero-order valence-corrected chi connectivity index (χ0v) is 16.6. The van der Waals surface area contributed by atoms with Crippen LogP contribution in [0.4, 0.5) is 0 Å². The van der Waals surface area contributed by atoms with E-state index in [1.54, 1.807) is 21.9 Å². The maximum atomic E-state index is 13.0. The van der Waals surface area contributed by atoms with Crippen molar-refractivity contribution in [2.45, 2.75) is 18.4 Å². The van der Waals surface area contributed by atoms with Gasteiger partial charge in [0, 0.05) is 26.2 Å². The number of methoxy groups -OCH3 is 3. The van der Waals surface area contributed by atoms with Gasteiger partial charge in [0.15, 0.2) is 11.5 Å². The number of ether oxygens (including phenoxy) is 3. The highest BCUT2D eigenvalue weighted by Gasteiger charge is 2.48. The Hall–Kier alpha value is -2.19. The van der Waals surface area contributed by atoms with Crippen LogP contribution < -0.4 is 19.9 Å². The lowest BCUT2D eigenvalue weighted by Gasteiger charge is -2.36. The molecule has 1 saturated carbocycles. The summed E-state index contributed by atoms with van der Waals surface area (Å²) >= 11 is 0. The van der Waals surface area contributed by atoms with Gasteiger partial charge >= 0.3 is 0 Å². The van der Waals surface area contributed by atoms with Gasteiger partial charge in [-0.25, -0.2) is 0 Å². The molecule has 0 aromatic heterocycles. The molecule has 1 heterocycles. The van der Waals surface area contributed by atoms with Crippen molar-refractivity contribution in [3.63, 3.8) is 0 Å². The third-order valence-corrected chi connectivity index (χ3v) is 5.00. The van der Waals surface area contributed by atoms with Gasteiger partial charge in [-0.2, -0.15) is 0 Å². The summed E-state index contributed by atoms with van der Waals surface area (Å²) in [5, 5.41) is 0. The fourth-order valence-corrected chi connectivity index (χ4v) is 3.22. The first-order chi connectivity index (χ1) is 12.4. The Morgan fingerprint density at radius 1 is 0.926 bits per heavy atom. The number of carbonyl (C=O) groups excluding carboxylic acids is 2. The second-order valence-electron chi connectivity index (χ2n) is 6.62. The zero-order valence-electron chi connectivity index (χ0n) is 15.8. The summed E-state index contributed by atoms with van der Waals surface area (Å²) in [4.78, 5) is 28.7. The third kappa shape index (κ3) is 3.91. The molecule has 0 unspecified atom stereocenters. The molecule has 3 rings (SSSR count). The Kier molecular flexibility index (Phi) is 6.43. The average Bonchev–Trinajstić information content (AvgIpc) is 3.44. The van der Waals surface area contributed by atoms with Crippen LogP contribution in [0.15, 0.2) is 12.1 Å². The number of piperazine rings is 1. The van der Waals surface area contributed by atoms with Gasteiger partial charge in [0.25, 0.3) is 5.91 Å². The summed E-state index contributed by atoms with van der Waals surface area (Å²) < 4.78 is 16.0. The molecular weight excluding hydrogens is 374 g/mol. The fraction of sp³-hybridized carbons (Fsp3) is 0.556. The molecule has 2 N–H and O–H groups in total. The van der Waals surface area contributed by atoms with Crippen LogP contribution >= 0.6 is 12.4 Å². The van der Waals surface area contributed by atoms with E-state index in [4.69, 9.17) is 19.9 Å². The van der Waals surface area contributed by atoms with Gasteiger partial charge in [-0.3, -0.25) is 9.59 Å². The van der Waals surface area contributed by atoms with E-state index >= 15 is 0 Å². The van der Waals surface area contributed by atoms with Gasteiger partial charge in [-0.15, -0.1) is 12.4 Å². The van der Waals surface area contributed by atoms with Crippen LogP contribution in [-0.2, 0) is 4.79 Å². The minimum atomic E-state index is -0.668. The normalized spacial score (nSPS) is 17.6. The quantitative estimate of drug-likeness (QED) is 0.790. The lowest BCUT2D eigenvalue weighted by molar-refractivity contribution is -0.135. The van der Waals surface area contributed by atoms with E-state index in [1.807, 2.05) is 0 Å². The molecule has 0 radical (unpaired) electrons. The molecule has 0 bridgehead atoms. The van der Waals surface area contributed by atoms with Crippen molar-refractivity contribution >= 4 is 24.2 Å². The number of benzene rings is 1. The highest BCUT2D eigenvalue weighted by atomic mass is 35.5. The Morgan fingerprint density at radius 2 is 1.48 bits per heavy atom. The van der Waals surface area contributed by atoms with Crippen molar-refractivity contribution in [1.82, 2.24) is 9.80 Å². The highest BCUT2D eigenvalue weighted by molar-refractivity contribution is 5.98. The number of hydrogen-bond acceptors (Lipinski definition) is 6. The van der Waals surface area contributed by atoms with Crippen molar-refractivity contribution < 1.29 is 23.8 Å². The van der Waals surface area contributed by atoms with E-state index < -0.39 is 5.54 Å². The summed E-state index contributed by atoms with van der Waals surface area (Å²) in [7, 11) is 4.51. The standard InChI is InChI=1S/C18H25N3O5.ClH/c1-24-13-5-4-12(14(25-2)15(13)26-3)16(22)20-8-10-21(11-9-20)17(23)18(19)6-7-18;/h4-5H,6-11,19H2,1-3H3;1H. The molecule has 0 spiro atoms. The van der Waals surface area contributed by atoms with Crippen molar-refractivity contribution in [2.75, 3.05) is 47.5 Å². The number of carbonyl (C=O) groups is 2. The van der Waals surface area contributed by atoms with E-state index in [1.165, 1.54) is 21.3 Å². The molecule has 27 heavy (non-hydrogen) atoms. The Labute approximate surface area is 164 Å². The van der Waals surface area contributed by atoms with Crippen molar-refractivity contribution in [2.24, 2.45) is 5.73 Å². The molecule has 0 atom stereocenters. The van der Waals surface area contributed by atoms with Crippen LogP contribution in [0.5, 0.6) is 17.2 Å². The molecule has 150 valence electrons. The molecule has 9 heteroatoms. The summed E-state index contributed by atoms with van der Waals surface area (Å²) in [5.74, 6) is 1.05. The molecular formula is C18H26ClN3O5. The number of rotatable bonds is 5. The van der Waals surface area contributed by atoms with Gasteiger partial charge in [0.05, 0.1) is 32.4 Å². The molecule has 1 aliphatic heterocycles. The predicted octanol–water partition coefficient (Wildman–Crippen LogP) is 0.910. The largest absolute Gasteiger partial charge is 0.493 e. The average molecular weight is 400 g/mol. The first-order valence-electron chi connectivity index (χ1n) is 8.61. The van der Waals surface area contributed by atoms with Crippen LogP contribution in [-0.4, -0.2) is 74.7 Å². The number of nitrogens with zero attached hydrogens (tertiary/aromatic N) is 2. The van der Waals surface area contributed by atoms with Crippen LogP contribution in [0.3, 0.4) is 0 Å². The number of amides is 2. The summed E-state index contributed by atoms with van der Waals surface area (Å²) in [6.45, 7) is 1.88. The van der Waals surface area contributed by atoms with Gasteiger partial charge in [-0.05, 0) is 25.0 Å². The van der Waals surface area contributed by atoms with Crippen LogP contribution in [0.2, 0.25) is 0 Å². The smallest absolute Gasteiger partial charge is 0.257 e. The molecule has 1 saturated heterocycles. The third-order valence-electron chi connectivity index (χ3n) is 5.00. The van der Waals surface area contributed by atoms with Crippen LogP contribution in [0.25, 0.3) is 0 Å². The molecule has 2 fully saturated rings. The maximum Gasteiger partial charge on any atom is 0.257 e. The van der Waals surface area contributed by atoms with E-state index in [2.05, 4.69) is 0 Å². The van der Waals surface area contributed by atoms with Gasteiger partial charge in [0.1, 0.15) is 0 Å². The van der Waals surface area contributed by atoms with Gasteiger partial charge < -0.3 is 29.7 Å². The first-order valence-corrected chi connectivity index (χ1v) is 8.61. The second-order valence-corrected chi connectivity index (χ2v) is 6.62. The van der Waals surface area contributed by atoms with Crippen LogP contribution in [0, 0.1) is 0 Å². The molecule has 1 aliphatic carbocycles. The monoisotopic (exact) mass is 399 g/mol. The predicted molar refractivity (Wildman–Crippen MR) is 102 cm³/mol. The molecule has 2 amide bonds. The first kappa shape index (κ1) is 21.1. The minimum absolute atomic E-state index is 0. The van der Waals surface area contributed by atoms with Gasteiger partial charge in [-0.1, -0.05) is 0 Å². The lowest BCUT2D eigenvalue weighted by atomic mass is 10.1. The van der Waals surface area contributed by atoms with Crippen LogP contribution in [0.1, 0.15) is 23.2 Å². The van der Waals surface area contributed by atoms with Crippen molar-refractivity contribution in [1.29, 1.82) is 0 Å². The molecule has 1 aromatic rings. The van der Waals surface area contributed by atoms with E-state index in [0.29, 0.717) is 49.0 Å². The van der Waals surface area contributed by atoms with Crippen molar-refractivity contribution in [3.8, 4) is 17.2 Å². The Balaban J connectivity index is 0.00000261. The molecule has 8 nitrogen and oxygen atoms in total. The van der Waals surface area contributed by atoms with E-state index in [9.17, 15) is 9.59 Å². The maximum absolute atomic E-state index is 13.0. The molecule has 1 aromatic carbocycles. The number of hydrogen-bond donors (Lipinski definition) is 1. The number of nitrogens with two attached hydrogens (primary N) is 1. The minimum Gasteiger partial charge on any atom is -0.493 e. The highest BCUT2D eigenvalue weighted by Crippen LogP contribution is 2.40. The topological polar surface area (TPSA) is 94.3 Å². The van der Waals surface area contributed by atoms with Gasteiger partial charge in [0.2, 0.25) is 11.7 Å². The van der Waals surface area contributed by atoms with E-state index in [0.717, 1.165) is 12.8 Å².